The highest BCUT2D eigenvalue weighted by Crippen LogP contribution is 2.14. The molecule has 2 heteroatoms. The average Bonchev–Trinajstić information content (AvgIpc) is 1.87. The maximum atomic E-state index is 10.2. The van der Waals surface area contributed by atoms with Crippen molar-refractivity contribution in [2.24, 2.45) is 5.92 Å². The van der Waals surface area contributed by atoms with Crippen LogP contribution in [-0.4, -0.2) is 5.97 Å². The van der Waals surface area contributed by atoms with Crippen LogP contribution in [0.5, 0.6) is 0 Å². The van der Waals surface area contributed by atoms with Gasteiger partial charge < -0.3 is 9.90 Å². The van der Waals surface area contributed by atoms with Gasteiger partial charge in [-0.2, -0.15) is 0 Å². The predicted molar refractivity (Wildman–Crippen MR) is 42.8 cm³/mol. The molecular weight excluding hydrogens is 140 g/mol. The molecule has 64 valence electrons. The topological polar surface area (TPSA) is 40.1 Å². The molecule has 0 radical (unpaired) electrons. The van der Waals surface area contributed by atoms with Crippen LogP contribution in [-0.2, 0) is 4.79 Å². The second kappa shape index (κ2) is 4.94. The third-order valence-corrected chi connectivity index (χ3v) is 1.67. The van der Waals surface area contributed by atoms with Gasteiger partial charge in [0, 0.05) is 0 Å². The molecule has 0 aromatic carbocycles. The highest BCUT2D eigenvalue weighted by atomic mass is 16.4. The minimum atomic E-state index is -1.12. The molecule has 0 rings (SSSR count). The van der Waals surface area contributed by atoms with Crippen LogP contribution in [0.2, 0.25) is 0 Å². The molecule has 11 heavy (non-hydrogen) atoms. The molecule has 0 saturated carbocycles. The number of carbonyl (C=O) groups excluding carboxylic acids is 1. The van der Waals surface area contributed by atoms with Gasteiger partial charge in [-0.15, -0.1) is 0 Å². The third-order valence-electron chi connectivity index (χ3n) is 1.67. The lowest BCUT2D eigenvalue weighted by atomic mass is 9.98. The van der Waals surface area contributed by atoms with Crippen molar-refractivity contribution in [3.8, 4) is 0 Å². The van der Waals surface area contributed by atoms with Crippen LogP contribution in [0.3, 0.4) is 0 Å². The highest BCUT2D eigenvalue weighted by Gasteiger charge is 2.03. The zero-order chi connectivity index (χ0) is 8.85. The molecular formula is C9H15O2-. The molecule has 0 aliphatic rings. The van der Waals surface area contributed by atoms with E-state index in [1.807, 2.05) is 6.92 Å². The fourth-order valence-electron chi connectivity index (χ4n) is 1.10. The van der Waals surface area contributed by atoms with Crippen molar-refractivity contribution in [2.75, 3.05) is 0 Å². The lowest BCUT2D eigenvalue weighted by Gasteiger charge is -2.12. The molecule has 0 N–H and O–H groups in total. The summed E-state index contributed by atoms with van der Waals surface area (Å²) in [5.74, 6) is -0.710. The van der Waals surface area contributed by atoms with E-state index in [4.69, 9.17) is 0 Å². The molecule has 0 spiro atoms. The van der Waals surface area contributed by atoms with Crippen LogP contribution in [0.1, 0.15) is 33.1 Å². The molecule has 2 nitrogen and oxygen atoms in total. The quantitative estimate of drug-likeness (QED) is 0.558. The lowest BCUT2D eigenvalue weighted by molar-refractivity contribution is -0.299. The van der Waals surface area contributed by atoms with Gasteiger partial charge in [0.1, 0.15) is 0 Å². The van der Waals surface area contributed by atoms with Gasteiger partial charge in [0.2, 0.25) is 0 Å². The first kappa shape index (κ1) is 10.2. The molecule has 1 atom stereocenters. The smallest absolute Gasteiger partial charge is 0.0669 e. The average molecular weight is 155 g/mol. The van der Waals surface area contributed by atoms with Crippen LogP contribution in [0.4, 0.5) is 0 Å². The van der Waals surface area contributed by atoms with Gasteiger partial charge >= 0.3 is 0 Å². The number of carboxylic acid groups (broad SMARTS) is 1. The van der Waals surface area contributed by atoms with Crippen LogP contribution in [0.25, 0.3) is 0 Å². The normalized spacial score (nSPS) is 12.5. The van der Waals surface area contributed by atoms with Crippen LogP contribution in [0.15, 0.2) is 12.2 Å². The standard InChI is InChI=1S/C9H16O2/c1-4-5-7(2)6-8(3)9(10)11/h7H,3-6H2,1-2H3,(H,10,11)/p-1. The van der Waals surface area contributed by atoms with E-state index in [9.17, 15) is 9.90 Å². The number of carbonyl (C=O) groups is 1. The Hall–Kier alpha value is -0.790. The van der Waals surface area contributed by atoms with Gasteiger partial charge in [0.05, 0.1) is 5.97 Å². The second-order valence-electron chi connectivity index (χ2n) is 2.99. The Morgan fingerprint density at radius 2 is 2.18 bits per heavy atom. The molecule has 0 amide bonds. The maximum Gasteiger partial charge on any atom is 0.0669 e. The van der Waals surface area contributed by atoms with Crippen molar-refractivity contribution in [1.82, 2.24) is 0 Å². The first-order chi connectivity index (χ1) is 5.07. The molecule has 1 unspecified atom stereocenters. The third kappa shape index (κ3) is 4.59. The molecule has 0 bridgehead atoms. The Bertz CT molecular complexity index is 150. The van der Waals surface area contributed by atoms with Gasteiger partial charge in [-0.3, -0.25) is 0 Å². The monoisotopic (exact) mass is 155 g/mol. The summed E-state index contributed by atoms with van der Waals surface area (Å²) in [4.78, 5) is 10.2. The summed E-state index contributed by atoms with van der Waals surface area (Å²) in [5, 5.41) is 10.2. The summed E-state index contributed by atoms with van der Waals surface area (Å²) in [7, 11) is 0. The van der Waals surface area contributed by atoms with Crippen molar-refractivity contribution >= 4 is 5.97 Å². The minimum absolute atomic E-state index is 0.214. The van der Waals surface area contributed by atoms with Gasteiger partial charge in [-0.05, 0) is 17.9 Å². The Labute approximate surface area is 67.9 Å². The predicted octanol–water partition coefficient (Wildman–Crippen LogP) is 1.12. The molecule has 0 fully saturated rings. The molecule has 0 saturated heterocycles. The highest BCUT2D eigenvalue weighted by molar-refractivity contribution is 5.83. The van der Waals surface area contributed by atoms with Crippen LogP contribution < -0.4 is 5.11 Å². The van der Waals surface area contributed by atoms with Gasteiger partial charge in [-0.25, -0.2) is 0 Å². The van der Waals surface area contributed by atoms with E-state index in [0.717, 1.165) is 12.8 Å². The first-order valence-corrected chi connectivity index (χ1v) is 3.97. The molecule has 0 aliphatic heterocycles. The number of hydrogen-bond acceptors (Lipinski definition) is 2. The Balaban J connectivity index is 3.66. The Morgan fingerprint density at radius 1 is 1.64 bits per heavy atom. The molecule has 0 heterocycles. The van der Waals surface area contributed by atoms with Crippen molar-refractivity contribution in [2.45, 2.75) is 33.1 Å². The SMILES string of the molecule is C=C(CC(C)CCC)C(=O)[O-]. The van der Waals surface area contributed by atoms with Crippen molar-refractivity contribution < 1.29 is 9.90 Å². The van der Waals surface area contributed by atoms with E-state index in [2.05, 4.69) is 13.5 Å². The zero-order valence-electron chi connectivity index (χ0n) is 7.22. The summed E-state index contributed by atoms with van der Waals surface area (Å²) >= 11 is 0. The number of hydrogen-bond donors (Lipinski definition) is 0. The van der Waals surface area contributed by atoms with Gasteiger partial charge in [-0.1, -0.05) is 33.3 Å². The lowest BCUT2D eigenvalue weighted by Crippen LogP contribution is -2.24. The van der Waals surface area contributed by atoms with Crippen LogP contribution in [0, 0.1) is 5.92 Å². The molecule has 0 aromatic rings. The maximum absolute atomic E-state index is 10.2. The number of rotatable bonds is 5. The van der Waals surface area contributed by atoms with E-state index < -0.39 is 5.97 Å². The summed E-state index contributed by atoms with van der Waals surface area (Å²) in [6, 6.07) is 0. The van der Waals surface area contributed by atoms with E-state index in [-0.39, 0.29) is 5.57 Å². The fourth-order valence-corrected chi connectivity index (χ4v) is 1.10. The molecule has 0 aliphatic carbocycles. The van der Waals surface area contributed by atoms with Crippen molar-refractivity contribution in [1.29, 1.82) is 0 Å². The largest absolute Gasteiger partial charge is 0.545 e. The first-order valence-electron chi connectivity index (χ1n) is 3.97. The number of carboxylic acids is 1. The van der Waals surface area contributed by atoms with Crippen LogP contribution >= 0.6 is 0 Å². The van der Waals surface area contributed by atoms with Gasteiger partial charge in [0.15, 0.2) is 0 Å². The van der Waals surface area contributed by atoms with E-state index in [0.29, 0.717) is 12.3 Å². The van der Waals surface area contributed by atoms with E-state index in [1.54, 1.807) is 0 Å². The summed E-state index contributed by atoms with van der Waals surface area (Å²) < 4.78 is 0. The summed E-state index contributed by atoms with van der Waals surface area (Å²) in [6.07, 6.45) is 2.68. The van der Waals surface area contributed by atoms with E-state index >= 15 is 0 Å². The van der Waals surface area contributed by atoms with Gasteiger partial charge in [0.25, 0.3) is 0 Å². The summed E-state index contributed by atoms with van der Waals surface area (Å²) in [5.41, 5.74) is 0.214. The fraction of sp³-hybridized carbons (Fsp3) is 0.667. The van der Waals surface area contributed by atoms with Crippen molar-refractivity contribution in [3.05, 3.63) is 12.2 Å². The molecule has 0 aromatic heterocycles. The Morgan fingerprint density at radius 3 is 2.55 bits per heavy atom. The van der Waals surface area contributed by atoms with E-state index in [1.165, 1.54) is 0 Å². The van der Waals surface area contributed by atoms with Crippen molar-refractivity contribution in [3.63, 3.8) is 0 Å². The zero-order valence-corrected chi connectivity index (χ0v) is 7.22. The minimum Gasteiger partial charge on any atom is -0.545 e. The summed E-state index contributed by atoms with van der Waals surface area (Å²) in [6.45, 7) is 7.52. The number of aliphatic carboxylic acids is 1. The second-order valence-corrected chi connectivity index (χ2v) is 2.99. The Kier molecular flexibility index (Phi) is 4.59.